The van der Waals surface area contributed by atoms with Crippen molar-refractivity contribution in [3.05, 3.63) is 11.9 Å². The van der Waals surface area contributed by atoms with Crippen LogP contribution in [0.4, 0.5) is 13.2 Å². The van der Waals surface area contributed by atoms with E-state index in [1.165, 1.54) is 4.80 Å². The summed E-state index contributed by atoms with van der Waals surface area (Å²) in [5.74, 6) is 0. The van der Waals surface area contributed by atoms with Crippen LogP contribution in [0.1, 0.15) is 37.4 Å². The van der Waals surface area contributed by atoms with Crippen LogP contribution in [-0.2, 0) is 6.18 Å². The Balaban J connectivity index is 2.17. The molecule has 1 aromatic heterocycles. The second-order valence-corrected chi connectivity index (χ2v) is 3.49. The molecule has 1 aliphatic rings. The summed E-state index contributed by atoms with van der Waals surface area (Å²) >= 11 is 0. The maximum Gasteiger partial charge on any atom is 0.436 e. The molecule has 0 aliphatic heterocycles. The summed E-state index contributed by atoms with van der Waals surface area (Å²) in [4.78, 5) is 1.20. The third-order valence-corrected chi connectivity index (χ3v) is 2.45. The lowest BCUT2D eigenvalue weighted by molar-refractivity contribution is -0.141. The van der Waals surface area contributed by atoms with Gasteiger partial charge in [0.2, 0.25) is 0 Å². The number of alkyl halides is 3. The van der Waals surface area contributed by atoms with E-state index in [0.717, 1.165) is 31.9 Å². The molecule has 0 bridgehead atoms. The van der Waals surface area contributed by atoms with Crippen molar-refractivity contribution in [1.82, 2.24) is 15.0 Å². The minimum atomic E-state index is -4.38. The summed E-state index contributed by atoms with van der Waals surface area (Å²) in [5.41, 5.74) is -0.899. The Morgan fingerprint density at radius 1 is 1.29 bits per heavy atom. The first-order valence-corrected chi connectivity index (χ1v) is 4.56. The van der Waals surface area contributed by atoms with Crippen molar-refractivity contribution < 1.29 is 13.2 Å². The highest BCUT2D eigenvalue weighted by molar-refractivity contribution is 4.97. The van der Waals surface area contributed by atoms with Crippen LogP contribution in [-0.4, -0.2) is 15.0 Å². The van der Waals surface area contributed by atoms with Gasteiger partial charge in [0.15, 0.2) is 5.69 Å². The summed E-state index contributed by atoms with van der Waals surface area (Å²) < 4.78 is 36.5. The van der Waals surface area contributed by atoms with Crippen LogP contribution in [0.5, 0.6) is 0 Å². The Hall–Kier alpha value is -1.07. The highest BCUT2D eigenvalue weighted by Gasteiger charge is 2.35. The molecule has 0 unspecified atom stereocenters. The molecule has 0 radical (unpaired) electrons. The lowest BCUT2D eigenvalue weighted by Gasteiger charge is -2.06. The van der Waals surface area contributed by atoms with E-state index < -0.39 is 11.9 Å². The second-order valence-electron chi connectivity index (χ2n) is 3.49. The van der Waals surface area contributed by atoms with Crippen LogP contribution >= 0.6 is 0 Å². The lowest BCUT2D eigenvalue weighted by atomic mass is 10.3. The third kappa shape index (κ3) is 1.73. The molecule has 2 rings (SSSR count). The highest BCUT2D eigenvalue weighted by atomic mass is 19.4. The average molecular weight is 205 g/mol. The van der Waals surface area contributed by atoms with Gasteiger partial charge in [-0.05, 0) is 12.8 Å². The van der Waals surface area contributed by atoms with E-state index in [1.54, 1.807) is 0 Å². The molecule has 6 heteroatoms. The molecular formula is C8H10F3N3. The van der Waals surface area contributed by atoms with Gasteiger partial charge in [-0.25, -0.2) is 0 Å². The van der Waals surface area contributed by atoms with Crippen molar-refractivity contribution >= 4 is 0 Å². The fourth-order valence-electron chi connectivity index (χ4n) is 1.72. The smallest absolute Gasteiger partial charge is 0.181 e. The first-order chi connectivity index (χ1) is 6.57. The maximum absolute atomic E-state index is 12.2. The van der Waals surface area contributed by atoms with Crippen molar-refractivity contribution in [2.75, 3.05) is 0 Å². The highest BCUT2D eigenvalue weighted by Crippen LogP contribution is 2.31. The zero-order valence-electron chi connectivity index (χ0n) is 7.46. The summed E-state index contributed by atoms with van der Waals surface area (Å²) in [6, 6.07) is 0.0612. The molecule has 1 aromatic rings. The summed E-state index contributed by atoms with van der Waals surface area (Å²) in [6.07, 6.45) is 0.272. The van der Waals surface area contributed by atoms with Gasteiger partial charge in [0.25, 0.3) is 0 Å². The SMILES string of the molecule is FC(F)(F)c1cnn(C2CCCC2)n1. The maximum atomic E-state index is 12.2. The van der Waals surface area contributed by atoms with Crippen LogP contribution in [0.3, 0.4) is 0 Å². The van der Waals surface area contributed by atoms with Crippen molar-refractivity contribution in [3.63, 3.8) is 0 Å². The van der Waals surface area contributed by atoms with Gasteiger partial charge in [-0.3, -0.25) is 0 Å². The molecule has 1 aliphatic carbocycles. The summed E-state index contributed by atoms with van der Waals surface area (Å²) in [7, 11) is 0. The van der Waals surface area contributed by atoms with E-state index in [2.05, 4.69) is 10.2 Å². The van der Waals surface area contributed by atoms with E-state index in [4.69, 9.17) is 0 Å². The normalized spacial score (nSPS) is 19.1. The Bertz CT molecular complexity index is 312. The topological polar surface area (TPSA) is 30.7 Å². The number of hydrogen-bond donors (Lipinski definition) is 0. The van der Waals surface area contributed by atoms with Crippen molar-refractivity contribution in [2.45, 2.75) is 37.9 Å². The molecule has 0 spiro atoms. The van der Waals surface area contributed by atoms with Gasteiger partial charge in [0.1, 0.15) is 0 Å². The first-order valence-electron chi connectivity index (χ1n) is 4.56. The molecular weight excluding hydrogens is 195 g/mol. The Kier molecular flexibility index (Phi) is 2.20. The van der Waals surface area contributed by atoms with Crippen LogP contribution in [0, 0.1) is 0 Å². The number of rotatable bonds is 1. The largest absolute Gasteiger partial charge is 0.436 e. The van der Waals surface area contributed by atoms with Crippen LogP contribution in [0.2, 0.25) is 0 Å². The fraction of sp³-hybridized carbons (Fsp3) is 0.750. The Labute approximate surface area is 78.9 Å². The number of aromatic nitrogens is 3. The van der Waals surface area contributed by atoms with Gasteiger partial charge in [-0.2, -0.15) is 23.1 Å². The zero-order chi connectivity index (χ0) is 10.2. The molecule has 1 heterocycles. The van der Waals surface area contributed by atoms with Crippen LogP contribution in [0.25, 0.3) is 0 Å². The van der Waals surface area contributed by atoms with Gasteiger partial charge in [-0.1, -0.05) is 12.8 Å². The average Bonchev–Trinajstić information content (AvgIpc) is 2.73. The molecule has 0 saturated heterocycles. The van der Waals surface area contributed by atoms with Gasteiger partial charge in [-0.15, -0.1) is 5.10 Å². The molecule has 1 saturated carbocycles. The monoisotopic (exact) mass is 205 g/mol. The van der Waals surface area contributed by atoms with E-state index in [9.17, 15) is 13.2 Å². The van der Waals surface area contributed by atoms with Crippen LogP contribution in [0.15, 0.2) is 6.20 Å². The van der Waals surface area contributed by atoms with Crippen molar-refractivity contribution in [3.8, 4) is 0 Å². The van der Waals surface area contributed by atoms with E-state index in [1.807, 2.05) is 0 Å². The zero-order valence-corrected chi connectivity index (χ0v) is 7.46. The Morgan fingerprint density at radius 3 is 2.43 bits per heavy atom. The lowest BCUT2D eigenvalue weighted by Crippen LogP contribution is -2.11. The predicted octanol–water partition coefficient (Wildman–Crippen LogP) is 2.41. The minimum Gasteiger partial charge on any atom is -0.181 e. The molecule has 0 amide bonds. The molecule has 0 atom stereocenters. The molecule has 78 valence electrons. The van der Waals surface area contributed by atoms with Crippen LogP contribution < -0.4 is 0 Å². The fourth-order valence-corrected chi connectivity index (χ4v) is 1.72. The van der Waals surface area contributed by atoms with Gasteiger partial charge >= 0.3 is 6.18 Å². The summed E-state index contributed by atoms with van der Waals surface area (Å²) in [5, 5.41) is 7.09. The van der Waals surface area contributed by atoms with Crippen molar-refractivity contribution in [1.29, 1.82) is 0 Å². The first kappa shape index (κ1) is 9.48. The number of hydrogen-bond acceptors (Lipinski definition) is 2. The predicted molar refractivity (Wildman–Crippen MR) is 42.5 cm³/mol. The van der Waals surface area contributed by atoms with E-state index in [0.29, 0.717) is 0 Å². The minimum absolute atomic E-state index is 0.0612. The number of halogens is 3. The Morgan fingerprint density at radius 2 is 1.93 bits per heavy atom. The van der Waals surface area contributed by atoms with Crippen molar-refractivity contribution in [2.24, 2.45) is 0 Å². The summed E-state index contributed by atoms with van der Waals surface area (Å²) in [6.45, 7) is 0. The van der Waals surface area contributed by atoms with Gasteiger partial charge in [0.05, 0.1) is 12.2 Å². The molecule has 3 nitrogen and oxygen atoms in total. The quantitative estimate of drug-likeness (QED) is 0.704. The molecule has 1 fully saturated rings. The van der Waals surface area contributed by atoms with Gasteiger partial charge in [0, 0.05) is 0 Å². The number of nitrogens with zero attached hydrogens (tertiary/aromatic N) is 3. The van der Waals surface area contributed by atoms with Gasteiger partial charge < -0.3 is 0 Å². The third-order valence-electron chi connectivity index (χ3n) is 2.45. The van der Waals surface area contributed by atoms with E-state index >= 15 is 0 Å². The molecule has 0 N–H and O–H groups in total. The standard InChI is InChI=1S/C8H10F3N3/c9-8(10,11)7-5-12-14(13-7)6-3-1-2-4-6/h5-6H,1-4H2. The molecule has 0 aromatic carbocycles. The van der Waals surface area contributed by atoms with E-state index in [-0.39, 0.29) is 6.04 Å². The molecule has 14 heavy (non-hydrogen) atoms. The second kappa shape index (κ2) is 3.25.